The van der Waals surface area contributed by atoms with Gasteiger partial charge in [0.05, 0.1) is 0 Å². The van der Waals surface area contributed by atoms with Crippen molar-refractivity contribution in [1.29, 1.82) is 0 Å². The molecule has 0 heterocycles. The van der Waals surface area contributed by atoms with E-state index in [2.05, 4.69) is 303 Å². The molecular formula is C74H50. The van der Waals surface area contributed by atoms with Crippen molar-refractivity contribution in [2.75, 3.05) is 0 Å². The van der Waals surface area contributed by atoms with Crippen molar-refractivity contribution in [2.24, 2.45) is 0 Å². The van der Waals surface area contributed by atoms with E-state index in [0.717, 1.165) is 11.1 Å². The molecule has 0 N–H and O–H groups in total. The van der Waals surface area contributed by atoms with E-state index in [1.165, 1.54) is 121 Å². The Labute approximate surface area is 433 Å². The first-order valence-corrected chi connectivity index (χ1v) is 25.5. The summed E-state index contributed by atoms with van der Waals surface area (Å²) < 4.78 is 0. The van der Waals surface area contributed by atoms with Crippen LogP contribution < -0.4 is 0 Å². The molecule has 0 aliphatic rings. The summed E-state index contributed by atoms with van der Waals surface area (Å²) >= 11 is 0. The van der Waals surface area contributed by atoms with Gasteiger partial charge in [-0.1, -0.05) is 267 Å². The molecule has 0 amide bonds. The van der Waals surface area contributed by atoms with Crippen LogP contribution in [-0.2, 0) is 0 Å². The fourth-order valence-corrected chi connectivity index (χ4v) is 10.8. The predicted octanol–water partition coefficient (Wildman–Crippen LogP) is 20.6. The Hall–Kier alpha value is -9.62. The van der Waals surface area contributed by atoms with E-state index in [4.69, 9.17) is 0 Å². The van der Waals surface area contributed by atoms with Crippen LogP contribution in [0.4, 0.5) is 0 Å². The van der Waals surface area contributed by atoms with Gasteiger partial charge >= 0.3 is 0 Å². The summed E-state index contributed by atoms with van der Waals surface area (Å²) in [7, 11) is 0. The smallest absolute Gasteiger partial charge is 0.00261 e. The third-order valence-electron chi connectivity index (χ3n) is 14.6. The maximum atomic E-state index is 2.44. The lowest BCUT2D eigenvalue weighted by Gasteiger charge is -2.20. The van der Waals surface area contributed by atoms with E-state index in [9.17, 15) is 0 Å². The molecule has 74 heavy (non-hydrogen) atoms. The number of hydrogen-bond donors (Lipinski definition) is 0. The van der Waals surface area contributed by atoms with E-state index in [1.807, 2.05) is 0 Å². The van der Waals surface area contributed by atoms with Crippen molar-refractivity contribution in [3.63, 3.8) is 0 Å². The molecule has 0 saturated carbocycles. The van der Waals surface area contributed by atoms with Gasteiger partial charge in [0.2, 0.25) is 0 Å². The van der Waals surface area contributed by atoms with Crippen molar-refractivity contribution in [2.45, 2.75) is 0 Å². The van der Waals surface area contributed by atoms with Crippen LogP contribution in [0.3, 0.4) is 0 Å². The van der Waals surface area contributed by atoms with E-state index >= 15 is 0 Å². The minimum absolute atomic E-state index is 1.16. The molecule has 0 aromatic heterocycles. The van der Waals surface area contributed by atoms with Crippen LogP contribution >= 0.6 is 0 Å². The van der Waals surface area contributed by atoms with Crippen LogP contribution in [-0.4, -0.2) is 0 Å². The molecule has 346 valence electrons. The largest absolute Gasteiger partial charge is 0.0622 e. The highest BCUT2D eigenvalue weighted by Crippen LogP contribution is 2.47. The summed E-state index contributed by atoms with van der Waals surface area (Å²) in [6.45, 7) is 0. The van der Waals surface area contributed by atoms with Crippen LogP contribution in [0.25, 0.3) is 134 Å². The van der Waals surface area contributed by atoms with Gasteiger partial charge in [-0.25, -0.2) is 0 Å². The second-order valence-corrected chi connectivity index (χ2v) is 19.3. The molecule has 13 aromatic carbocycles. The summed E-state index contributed by atoms with van der Waals surface area (Å²) in [5, 5.41) is 9.84. The average Bonchev–Trinajstić information content (AvgIpc) is 3.48. The van der Waals surface area contributed by atoms with Crippen molar-refractivity contribution < 1.29 is 0 Å². The number of fused-ring (bicyclic) bond motifs is 4. The molecule has 0 aliphatic heterocycles. The van der Waals surface area contributed by atoms with Gasteiger partial charge < -0.3 is 0 Å². The van der Waals surface area contributed by atoms with Crippen LogP contribution in [0.2, 0.25) is 0 Å². The molecule has 0 unspecified atom stereocenters. The lowest BCUT2D eigenvalue weighted by molar-refractivity contribution is 1.59. The summed E-state index contributed by atoms with van der Waals surface area (Å²) in [6.07, 6.45) is 8.80. The number of hydrogen-bond acceptors (Lipinski definition) is 0. The van der Waals surface area contributed by atoms with Crippen molar-refractivity contribution in [3.8, 4) is 66.8 Å². The Morgan fingerprint density at radius 3 is 0.905 bits per heavy atom. The van der Waals surface area contributed by atoms with Gasteiger partial charge in [-0.05, 0) is 169 Å². The molecule has 0 nitrogen and oxygen atoms in total. The lowest BCUT2D eigenvalue weighted by Crippen LogP contribution is -1.93. The van der Waals surface area contributed by atoms with Gasteiger partial charge in [0.1, 0.15) is 0 Å². The average molecular weight is 939 g/mol. The first-order valence-electron chi connectivity index (χ1n) is 25.5. The molecule has 0 fully saturated rings. The second-order valence-electron chi connectivity index (χ2n) is 19.3. The van der Waals surface area contributed by atoms with Crippen LogP contribution in [0, 0.1) is 0 Å². The molecule has 0 saturated heterocycles. The monoisotopic (exact) mass is 938 g/mol. The number of benzene rings is 13. The van der Waals surface area contributed by atoms with Crippen molar-refractivity contribution in [3.05, 3.63) is 301 Å². The Bertz CT molecular complexity index is 3970. The molecule has 0 spiro atoms. The van der Waals surface area contributed by atoms with E-state index in [0.29, 0.717) is 0 Å². The fourth-order valence-electron chi connectivity index (χ4n) is 10.8. The Morgan fingerprint density at radius 2 is 0.473 bits per heavy atom. The zero-order chi connectivity index (χ0) is 49.2. The molecule has 13 rings (SSSR count). The standard InChI is InChI=1S/C74H50/c1-3-13-51(14-4-1)25-27-53-17-11-23-61(45-53)67-41-43-69-71(49-67)73(59-35-29-57(30-36-59)65-39-33-55-19-7-9-21-63(55)47-65)70-44-42-68(62-24-12-18-54(46-62)28-26-52-15-5-2-6-16-52)50-72(70)74(69)60-37-31-58(32-38-60)66-40-34-56-20-8-10-22-64(56)48-66/h1-50H/b27-25+,28-26+. The molecule has 0 bridgehead atoms. The van der Waals surface area contributed by atoms with Gasteiger partial charge in [0.15, 0.2) is 0 Å². The topological polar surface area (TPSA) is 0 Å². The maximum absolute atomic E-state index is 2.44. The second kappa shape index (κ2) is 19.5. The highest BCUT2D eigenvalue weighted by Gasteiger charge is 2.20. The van der Waals surface area contributed by atoms with Gasteiger partial charge in [0.25, 0.3) is 0 Å². The summed E-state index contributed by atoms with van der Waals surface area (Å²) in [5.74, 6) is 0. The number of rotatable bonds is 10. The Balaban J connectivity index is 1.01. The minimum Gasteiger partial charge on any atom is -0.0622 e. The Kier molecular flexibility index (Phi) is 11.7. The summed E-state index contributed by atoms with van der Waals surface area (Å²) in [6, 6.07) is 102. The highest BCUT2D eigenvalue weighted by molar-refractivity contribution is 6.22. The first kappa shape index (κ1) is 44.3. The van der Waals surface area contributed by atoms with Crippen molar-refractivity contribution >= 4 is 67.4 Å². The Morgan fingerprint density at radius 1 is 0.162 bits per heavy atom. The van der Waals surface area contributed by atoms with Crippen LogP contribution in [0.15, 0.2) is 279 Å². The maximum Gasteiger partial charge on any atom is -0.00261 e. The third-order valence-corrected chi connectivity index (χ3v) is 14.6. The van der Waals surface area contributed by atoms with E-state index < -0.39 is 0 Å². The zero-order valence-corrected chi connectivity index (χ0v) is 40.9. The van der Waals surface area contributed by atoms with Gasteiger partial charge in [0, 0.05) is 0 Å². The molecule has 0 radical (unpaired) electrons. The van der Waals surface area contributed by atoms with Crippen LogP contribution in [0.1, 0.15) is 22.3 Å². The quantitative estimate of drug-likeness (QED) is 0.0947. The normalized spacial score (nSPS) is 11.7. The minimum atomic E-state index is 1.16. The SMILES string of the molecule is C(=C\c1cccc(-c2ccc3c(-c4ccc(-c5ccc6ccccc6c5)cc4)c4cc(-c5cccc(/C=C/c6ccccc6)c5)ccc4c(-c4ccc(-c5ccc6ccccc6c5)cc4)c3c2)c1)/c1ccccc1. The van der Waals surface area contributed by atoms with Gasteiger partial charge in [-0.3, -0.25) is 0 Å². The third kappa shape index (κ3) is 8.91. The summed E-state index contributed by atoms with van der Waals surface area (Å²) in [4.78, 5) is 0. The van der Waals surface area contributed by atoms with Crippen LogP contribution in [0.5, 0.6) is 0 Å². The lowest BCUT2D eigenvalue weighted by atomic mass is 9.83. The molecule has 0 heteroatoms. The molecule has 13 aromatic rings. The van der Waals surface area contributed by atoms with Gasteiger partial charge in [-0.2, -0.15) is 0 Å². The highest BCUT2D eigenvalue weighted by atomic mass is 14.2. The molecule has 0 atom stereocenters. The molecular weight excluding hydrogens is 889 g/mol. The summed E-state index contributed by atoms with van der Waals surface area (Å²) in [5.41, 5.74) is 19.0. The van der Waals surface area contributed by atoms with Crippen molar-refractivity contribution in [1.82, 2.24) is 0 Å². The van der Waals surface area contributed by atoms with E-state index in [1.54, 1.807) is 0 Å². The zero-order valence-electron chi connectivity index (χ0n) is 40.9. The van der Waals surface area contributed by atoms with Gasteiger partial charge in [-0.15, -0.1) is 0 Å². The molecule has 0 aliphatic carbocycles. The fraction of sp³-hybridized carbons (Fsp3) is 0. The predicted molar refractivity (Wildman–Crippen MR) is 320 cm³/mol. The van der Waals surface area contributed by atoms with E-state index in [-0.39, 0.29) is 0 Å². The first-order chi connectivity index (χ1) is 36.6.